The average Bonchev–Trinajstić information content (AvgIpc) is 2.66. The summed E-state index contributed by atoms with van der Waals surface area (Å²) in [5, 5.41) is 16.3. The molecule has 6 nitrogen and oxygen atoms in total. The maximum absolute atomic E-state index is 9.33. The summed E-state index contributed by atoms with van der Waals surface area (Å²) < 4.78 is 0. The number of guanidine groups is 1. The van der Waals surface area contributed by atoms with Crippen molar-refractivity contribution in [2.45, 2.75) is 59.4 Å². The van der Waals surface area contributed by atoms with E-state index in [4.69, 9.17) is 4.99 Å². The highest BCUT2D eigenvalue weighted by atomic mass is 127. The minimum atomic E-state index is 0. The van der Waals surface area contributed by atoms with Crippen LogP contribution >= 0.6 is 24.0 Å². The Morgan fingerprint density at radius 3 is 2.62 bits per heavy atom. The minimum Gasteiger partial charge on any atom is -0.396 e. The van der Waals surface area contributed by atoms with E-state index >= 15 is 0 Å². The normalized spacial score (nSPS) is 16.5. The molecule has 1 aliphatic heterocycles. The quantitative estimate of drug-likeness (QED) is 0.266. The van der Waals surface area contributed by atoms with Gasteiger partial charge in [-0.15, -0.1) is 24.0 Å². The first-order chi connectivity index (χ1) is 13.5. The second-order valence-corrected chi connectivity index (χ2v) is 8.27. The van der Waals surface area contributed by atoms with Crippen molar-refractivity contribution in [1.82, 2.24) is 15.6 Å². The van der Waals surface area contributed by atoms with Crippen molar-refractivity contribution >= 4 is 35.8 Å². The number of nitrogens with zero attached hydrogens (tertiary/aromatic N) is 3. The van der Waals surface area contributed by atoms with E-state index in [1.807, 2.05) is 13.0 Å². The lowest BCUT2D eigenvalue weighted by Gasteiger charge is -2.34. The number of aliphatic hydroxyl groups is 1. The van der Waals surface area contributed by atoms with Crippen molar-refractivity contribution in [3.63, 3.8) is 0 Å². The Kier molecular flexibility index (Phi) is 12.5. The molecule has 1 atom stereocenters. The van der Waals surface area contributed by atoms with Crippen molar-refractivity contribution in [2.75, 3.05) is 37.7 Å². The molecule has 1 fully saturated rings. The average molecular weight is 518 g/mol. The SMILES string of the molecule is CCNC(=NCC(CCO)CC(C)C)NC1CCN(c2cccc(C)n2)CC1.I. The summed E-state index contributed by atoms with van der Waals surface area (Å²) in [4.78, 5) is 11.8. The Bertz CT molecular complexity index is 603. The van der Waals surface area contributed by atoms with Crippen LogP contribution in [0.15, 0.2) is 23.2 Å². The maximum atomic E-state index is 9.33. The Morgan fingerprint density at radius 2 is 2.03 bits per heavy atom. The van der Waals surface area contributed by atoms with Gasteiger partial charge in [0.15, 0.2) is 5.96 Å². The Balaban J connectivity index is 0.00000420. The molecule has 7 heteroatoms. The summed E-state index contributed by atoms with van der Waals surface area (Å²) in [7, 11) is 0. The summed E-state index contributed by atoms with van der Waals surface area (Å²) in [6.07, 6.45) is 4.08. The summed E-state index contributed by atoms with van der Waals surface area (Å²) >= 11 is 0. The van der Waals surface area contributed by atoms with Gasteiger partial charge >= 0.3 is 0 Å². The van der Waals surface area contributed by atoms with Gasteiger partial charge in [-0.1, -0.05) is 19.9 Å². The number of aliphatic hydroxyl groups excluding tert-OH is 1. The van der Waals surface area contributed by atoms with E-state index in [1.165, 1.54) is 0 Å². The zero-order chi connectivity index (χ0) is 20.4. The zero-order valence-corrected chi connectivity index (χ0v) is 20.9. The van der Waals surface area contributed by atoms with Crippen LogP contribution in [-0.2, 0) is 0 Å². The molecule has 1 unspecified atom stereocenters. The molecule has 0 bridgehead atoms. The topological polar surface area (TPSA) is 72.8 Å². The Labute approximate surface area is 194 Å². The number of anilines is 1. The lowest BCUT2D eigenvalue weighted by Crippen LogP contribution is -2.49. The van der Waals surface area contributed by atoms with Crippen molar-refractivity contribution in [2.24, 2.45) is 16.8 Å². The van der Waals surface area contributed by atoms with Gasteiger partial charge in [-0.3, -0.25) is 4.99 Å². The van der Waals surface area contributed by atoms with Gasteiger partial charge in [-0.05, 0) is 63.5 Å². The van der Waals surface area contributed by atoms with E-state index in [1.54, 1.807) is 0 Å². The number of rotatable bonds is 9. The second kappa shape index (κ2) is 14.0. The highest BCUT2D eigenvalue weighted by molar-refractivity contribution is 14.0. The highest BCUT2D eigenvalue weighted by Gasteiger charge is 2.21. The van der Waals surface area contributed by atoms with Crippen LogP contribution in [0.1, 0.15) is 52.1 Å². The first-order valence-corrected chi connectivity index (χ1v) is 10.9. The predicted octanol–water partition coefficient (Wildman–Crippen LogP) is 3.58. The van der Waals surface area contributed by atoms with E-state index in [-0.39, 0.29) is 30.6 Å². The van der Waals surface area contributed by atoms with Crippen molar-refractivity contribution in [1.29, 1.82) is 0 Å². The fourth-order valence-electron chi connectivity index (χ4n) is 3.82. The molecule has 0 radical (unpaired) electrons. The van der Waals surface area contributed by atoms with Crippen LogP contribution in [0, 0.1) is 18.8 Å². The first-order valence-electron chi connectivity index (χ1n) is 10.9. The second-order valence-electron chi connectivity index (χ2n) is 8.27. The molecule has 166 valence electrons. The van der Waals surface area contributed by atoms with Crippen LogP contribution in [0.2, 0.25) is 0 Å². The first kappa shape index (κ1) is 25.9. The standard InChI is InChI=1S/C22H39N5O.HI/c1-5-23-22(24-16-19(11-14-28)15-17(2)3)26-20-9-12-27(13-10-20)21-8-6-7-18(4)25-21;/h6-8,17,19-20,28H,5,9-16H2,1-4H3,(H2,23,24,26);1H. The third-order valence-electron chi connectivity index (χ3n) is 5.23. The van der Waals surface area contributed by atoms with E-state index in [0.717, 1.165) is 69.3 Å². The van der Waals surface area contributed by atoms with Crippen molar-refractivity contribution < 1.29 is 5.11 Å². The van der Waals surface area contributed by atoms with E-state index in [0.29, 0.717) is 17.9 Å². The van der Waals surface area contributed by atoms with E-state index in [9.17, 15) is 5.11 Å². The lowest BCUT2D eigenvalue weighted by molar-refractivity contribution is 0.245. The molecule has 0 spiro atoms. The summed E-state index contributed by atoms with van der Waals surface area (Å²) in [6, 6.07) is 6.65. The summed E-state index contributed by atoms with van der Waals surface area (Å²) in [5.41, 5.74) is 1.07. The van der Waals surface area contributed by atoms with Crippen molar-refractivity contribution in [3.05, 3.63) is 23.9 Å². The molecule has 0 amide bonds. The molecule has 1 aromatic rings. The zero-order valence-electron chi connectivity index (χ0n) is 18.5. The third-order valence-corrected chi connectivity index (χ3v) is 5.23. The predicted molar refractivity (Wildman–Crippen MR) is 133 cm³/mol. The molecule has 3 N–H and O–H groups in total. The molecule has 1 aliphatic rings. The van der Waals surface area contributed by atoms with Gasteiger partial charge < -0.3 is 20.6 Å². The molecule has 0 aliphatic carbocycles. The highest BCUT2D eigenvalue weighted by Crippen LogP contribution is 2.18. The van der Waals surface area contributed by atoms with Gasteiger partial charge in [0.05, 0.1) is 0 Å². The molecule has 1 saturated heterocycles. The molecular formula is C22H40IN5O. The van der Waals surface area contributed by atoms with Gasteiger partial charge in [-0.25, -0.2) is 4.98 Å². The Hall–Kier alpha value is -1.09. The van der Waals surface area contributed by atoms with Crippen LogP contribution in [0.3, 0.4) is 0 Å². The van der Waals surface area contributed by atoms with Crippen LogP contribution in [0.25, 0.3) is 0 Å². The van der Waals surface area contributed by atoms with Gasteiger partial charge in [0, 0.05) is 44.5 Å². The number of hydrogen-bond acceptors (Lipinski definition) is 4. The fraction of sp³-hybridized carbons (Fsp3) is 0.727. The monoisotopic (exact) mass is 517 g/mol. The largest absolute Gasteiger partial charge is 0.396 e. The molecule has 0 aromatic carbocycles. The summed E-state index contributed by atoms with van der Waals surface area (Å²) in [5.74, 6) is 3.05. The van der Waals surface area contributed by atoms with Gasteiger partial charge in [0.2, 0.25) is 0 Å². The van der Waals surface area contributed by atoms with Crippen LogP contribution in [-0.4, -0.2) is 54.9 Å². The Morgan fingerprint density at radius 1 is 1.31 bits per heavy atom. The number of nitrogens with one attached hydrogen (secondary N) is 2. The minimum absolute atomic E-state index is 0. The molecule has 2 heterocycles. The molecule has 2 rings (SSSR count). The lowest BCUT2D eigenvalue weighted by atomic mass is 9.94. The maximum Gasteiger partial charge on any atom is 0.191 e. The molecule has 1 aromatic heterocycles. The van der Waals surface area contributed by atoms with E-state index < -0.39 is 0 Å². The number of aromatic nitrogens is 1. The smallest absolute Gasteiger partial charge is 0.191 e. The van der Waals surface area contributed by atoms with Gasteiger partial charge in [0.25, 0.3) is 0 Å². The number of aryl methyl sites for hydroxylation is 1. The van der Waals surface area contributed by atoms with Crippen molar-refractivity contribution in [3.8, 4) is 0 Å². The fourth-order valence-corrected chi connectivity index (χ4v) is 3.82. The summed E-state index contributed by atoms with van der Waals surface area (Å²) in [6.45, 7) is 12.5. The third kappa shape index (κ3) is 9.51. The van der Waals surface area contributed by atoms with Gasteiger partial charge in [-0.2, -0.15) is 0 Å². The molecule has 0 saturated carbocycles. The number of aliphatic imine (C=N–C) groups is 1. The van der Waals surface area contributed by atoms with Gasteiger partial charge in [0.1, 0.15) is 5.82 Å². The number of pyridine rings is 1. The number of halogens is 1. The number of piperidine rings is 1. The molecule has 29 heavy (non-hydrogen) atoms. The van der Waals surface area contributed by atoms with Crippen LogP contribution in [0.4, 0.5) is 5.82 Å². The number of hydrogen-bond donors (Lipinski definition) is 3. The van der Waals surface area contributed by atoms with Crippen LogP contribution < -0.4 is 15.5 Å². The van der Waals surface area contributed by atoms with E-state index in [2.05, 4.69) is 53.4 Å². The van der Waals surface area contributed by atoms with Crippen LogP contribution in [0.5, 0.6) is 0 Å². The molecular weight excluding hydrogens is 477 g/mol.